The molecule has 2 saturated heterocycles. The van der Waals surface area contributed by atoms with Crippen LogP contribution in [0.25, 0.3) is 0 Å². The van der Waals surface area contributed by atoms with Crippen LogP contribution in [-0.4, -0.2) is 106 Å². The fourth-order valence-corrected chi connectivity index (χ4v) is 6.04. The molecule has 0 saturated carbocycles. The first-order valence-electron chi connectivity index (χ1n) is 18.9. The zero-order chi connectivity index (χ0) is 44.2. The number of piperidine rings is 2. The fourth-order valence-electron chi connectivity index (χ4n) is 5.92. The normalized spacial score (nSPS) is 17.3. The SMILES string of the molecule is O=C(Cl)c1ccc(F)cc1.O=C(O)C(F)(F)F.O=C(c1ccc(F)cc1)N1CCC(/C=C/C(=O)N2CCC=CC2=O)CC1.O=C1C=CCCN1C(=O)/C=C/C1CCNCC1. The third-order valence-electron chi connectivity index (χ3n) is 9.26. The van der Waals surface area contributed by atoms with Gasteiger partial charge in [0.05, 0.1) is 0 Å². The van der Waals surface area contributed by atoms with Gasteiger partial charge in [0.15, 0.2) is 0 Å². The largest absolute Gasteiger partial charge is 0.490 e. The third-order valence-corrected chi connectivity index (χ3v) is 9.48. The number of nitrogens with one attached hydrogen (secondary N) is 1. The topological polar surface area (TPSA) is 161 Å². The van der Waals surface area contributed by atoms with E-state index < -0.39 is 17.4 Å². The Bertz CT molecular complexity index is 1940. The Balaban J connectivity index is 0.000000241. The Labute approximate surface area is 348 Å². The van der Waals surface area contributed by atoms with Crippen molar-refractivity contribution in [1.29, 1.82) is 0 Å². The number of rotatable bonds is 6. The van der Waals surface area contributed by atoms with Crippen molar-refractivity contribution in [1.82, 2.24) is 20.0 Å². The first kappa shape index (κ1) is 48.6. The Kier molecular flexibility index (Phi) is 19.7. The van der Waals surface area contributed by atoms with Crippen molar-refractivity contribution in [2.45, 2.75) is 44.7 Å². The minimum absolute atomic E-state index is 0.103. The van der Waals surface area contributed by atoms with E-state index in [1.807, 2.05) is 18.2 Å². The van der Waals surface area contributed by atoms with Crippen molar-refractivity contribution in [3.8, 4) is 0 Å². The third kappa shape index (κ3) is 16.8. The van der Waals surface area contributed by atoms with E-state index >= 15 is 0 Å². The summed E-state index contributed by atoms with van der Waals surface area (Å²) in [6.07, 6.45) is 13.3. The Morgan fingerprint density at radius 2 is 1.07 bits per heavy atom. The summed E-state index contributed by atoms with van der Waals surface area (Å²) in [5.41, 5.74) is 0.787. The summed E-state index contributed by atoms with van der Waals surface area (Å²) in [4.78, 5) is 83.1. The molecule has 322 valence electrons. The quantitative estimate of drug-likeness (QED) is 0.195. The first-order valence-corrected chi connectivity index (χ1v) is 19.3. The van der Waals surface area contributed by atoms with E-state index in [1.54, 1.807) is 17.1 Å². The lowest BCUT2D eigenvalue weighted by molar-refractivity contribution is -0.192. The number of likely N-dealkylation sites (tertiary alicyclic amines) is 1. The van der Waals surface area contributed by atoms with Crippen LogP contribution in [0.2, 0.25) is 0 Å². The number of carboxylic acid groups (broad SMARTS) is 1. The standard InChI is InChI=1S/C20H21FN2O3.C13H18N2O2.C7H4ClFO.C2HF3O2/c21-17-7-5-16(6-8-17)20(26)22-13-10-15(11-14-22)4-9-19(25)23-12-2-1-3-18(23)24;16-12-3-1-2-10-15(12)13(17)5-4-11-6-8-14-9-7-11;8-7(10)5-1-3-6(9)4-2-5;3-2(4,5)1(6)7/h1,3-9,15H,2,10-14H2;1,3-5,11,14H,2,6-10H2;1-4H;(H,6,7)/b9-4+;5-4+;;. The van der Waals surface area contributed by atoms with Crippen LogP contribution in [0.3, 0.4) is 0 Å². The predicted molar refractivity (Wildman–Crippen MR) is 210 cm³/mol. The number of hydrogen-bond donors (Lipinski definition) is 2. The van der Waals surface area contributed by atoms with E-state index in [9.17, 15) is 50.7 Å². The highest BCUT2D eigenvalue weighted by atomic mass is 35.5. The smallest absolute Gasteiger partial charge is 0.475 e. The van der Waals surface area contributed by atoms with Gasteiger partial charge in [-0.2, -0.15) is 13.2 Å². The number of allylic oxidation sites excluding steroid dienone is 2. The maximum atomic E-state index is 13.0. The van der Waals surface area contributed by atoms with Gasteiger partial charge >= 0.3 is 12.1 Å². The van der Waals surface area contributed by atoms with Gasteiger partial charge in [0.25, 0.3) is 34.8 Å². The molecule has 60 heavy (non-hydrogen) atoms. The first-order chi connectivity index (χ1) is 28.5. The van der Waals surface area contributed by atoms with E-state index in [2.05, 4.69) is 5.32 Å². The van der Waals surface area contributed by atoms with Crippen LogP contribution in [0.15, 0.2) is 97.1 Å². The molecule has 0 atom stereocenters. The number of benzene rings is 2. The molecule has 0 spiro atoms. The Morgan fingerprint density at radius 1 is 0.667 bits per heavy atom. The molecule has 2 aromatic carbocycles. The van der Waals surface area contributed by atoms with E-state index in [4.69, 9.17) is 21.5 Å². The molecule has 2 fully saturated rings. The van der Waals surface area contributed by atoms with Crippen molar-refractivity contribution < 1.29 is 60.6 Å². The zero-order valence-electron chi connectivity index (χ0n) is 32.3. The molecule has 0 aromatic heterocycles. The van der Waals surface area contributed by atoms with Crippen molar-refractivity contribution in [3.05, 3.63) is 120 Å². The van der Waals surface area contributed by atoms with Crippen LogP contribution < -0.4 is 5.32 Å². The van der Waals surface area contributed by atoms with Gasteiger partial charge in [-0.25, -0.2) is 13.6 Å². The van der Waals surface area contributed by atoms with Gasteiger partial charge in [0.2, 0.25) is 0 Å². The van der Waals surface area contributed by atoms with E-state index in [-0.39, 0.29) is 47.1 Å². The number of nitrogens with zero attached hydrogens (tertiary/aromatic N) is 3. The lowest BCUT2D eigenvalue weighted by atomic mass is 9.95. The van der Waals surface area contributed by atoms with E-state index in [0.717, 1.165) is 45.2 Å². The van der Waals surface area contributed by atoms with Gasteiger partial charge in [-0.3, -0.25) is 38.6 Å². The molecule has 0 aliphatic carbocycles. The molecular formula is C42H44ClF5N4O8. The summed E-state index contributed by atoms with van der Waals surface area (Å²) in [5.74, 6) is -3.87. The fraction of sp³-hybridized carbons (Fsp3) is 0.357. The summed E-state index contributed by atoms with van der Waals surface area (Å²) in [6.45, 7) is 4.12. The van der Waals surface area contributed by atoms with Crippen molar-refractivity contribution in [2.24, 2.45) is 11.8 Å². The molecule has 0 bridgehead atoms. The lowest BCUT2D eigenvalue weighted by Crippen LogP contribution is -2.38. The van der Waals surface area contributed by atoms with Gasteiger partial charge in [-0.05, 0) is 148 Å². The number of halogens is 6. The van der Waals surface area contributed by atoms with E-state index in [1.165, 1.54) is 76.6 Å². The molecular weight excluding hydrogens is 819 g/mol. The minimum atomic E-state index is -5.08. The lowest BCUT2D eigenvalue weighted by Gasteiger charge is -2.31. The number of alkyl halides is 3. The second-order valence-corrected chi connectivity index (χ2v) is 13.9. The van der Waals surface area contributed by atoms with Crippen LogP contribution in [0.1, 0.15) is 59.2 Å². The Morgan fingerprint density at radius 3 is 1.45 bits per heavy atom. The van der Waals surface area contributed by atoms with Gasteiger partial charge < -0.3 is 15.3 Å². The summed E-state index contributed by atoms with van der Waals surface area (Å²) in [5, 5.41) is 9.84. The predicted octanol–water partition coefficient (Wildman–Crippen LogP) is 6.24. The number of amides is 5. The highest BCUT2D eigenvalue weighted by molar-refractivity contribution is 6.67. The zero-order valence-corrected chi connectivity index (χ0v) is 33.0. The van der Waals surface area contributed by atoms with Gasteiger partial charge in [0.1, 0.15) is 11.6 Å². The maximum absolute atomic E-state index is 13.0. The molecule has 12 nitrogen and oxygen atoms in total. The molecule has 6 rings (SSSR count). The molecule has 4 aliphatic heterocycles. The van der Waals surface area contributed by atoms with Crippen LogP contribution in [0.4, 0.5) is 22.0 Å². The summed E-state index contributed by atoms with van der Waals surface area (Å²) >= 11 is 5.09. The molecule has 4 heterocycles. The van der Waals surface area contributed by atoms with Crippen LogP contribution in [0.5, 0.6) is 0 Å². The summed E-state index contributed by atoms with van der Waals surface area (Å²) < 4.78 is 56.9. The van der Waals surface area contributed by atoms with Gasteiger partial charge in [-0.1, -0.05) is 24.3 Å². The van der Waals surface area contributed by atoms with Crippen LogP contribution >= 0.6 is 11.6 Å². The van der Waals surface area contributed by atoms with Crippen molar-refractivity contribution in [3.63, 3.8) is 0 Å². The molecule has 4 aliphatic rings. The molecule has 18 heteroatoms. The number of aliphatic carboxylic acids is 1. The number of carbonyl (C=O) groups excluding carboxylic acids is 6. The summed E-state index contributed by atoms with van der Waals surface area (Å²) in [7, 11) is 0. The van der Waals surface area contributed by atoms with Gasteiger partial charge in [-0.15, -0.1) is 0 Å². The van der Waals surface area contributed by atoms with E-state index in [0.29, 0.717) is 49.6 Å². The highest BCUT2D eigenvalue weighted by Gasteiger charge is 2.38. The molecule has 0 radical (unpaired) electrons. The van der Waals surface area contributed by atoms with Crippen molar-refractivity contribution >= 4 is 52.3 Å². The average molecular weight is 863 g/mol. The highest BCUT2D eigenvalue weighted by Crippen LogP contribution is 2.21. The number of carbonyl (C=O) groups is 7. The molecule has 2 aromatic rings. The number of carboxylic acids is 1. The van der Waals surface area contributed by atoms with Crippen LogP contribution in [-0.2, 0) is 24.0 Å². The maximum Gasteiger partial charge on any atom is 0.490 e. The summed E-state index contributed by atoms with van der Waals surface area (Å²) in [6, 6.07) is 10.6. The molecule has 0 unspecified atom stereocenters. The van der Waals surface area contributed by atoms with Crippen LogP contribution in [0, 0.1) is 23.5 Å². The number of hydrogen-bond acceptors (Lipinski definition) is 8. The molecule has 5 amide bonds. The number of imide groups is 2. The Hall–Kier alpha value is -5.81. The van der Waals surface area contributed by atoms with Gasteiger partial charge in [0, 0.05) is 37.3 Å². The average Bonchev–Trinajstić information content (AvgIpc) is 3.23. The second kappa shape index (κ2) is 24.3. The molecule has 2 N–H and O–H groups in total. The van der Waals surface area contributed by atoms with Crippen molar-refractivity contribution in [2.75, 3.05) is 39.3 Å². The second-order valence-electron chi connectivity index (χ2n) is 13.6. The monoisotopic (exact) mass is 862 g/mol. The minimum Gasteiger partial charge on any atom is -0.475 e.